The molecule has 0 spiro atoms. The quantitative estimate of drug-likeness (QED) is 0.133. The number of carbonyl (C=O) groups excluding carboxylic acids is 1. The molecule has 230 valence electrons. The zero-order chi connectivity index (χ0) is 29.2. The topological polar surface area (TPSA) is 48.0 Å². The second kappa shape index (κ2) is 20.2. The maximum absolute atomic E-state index is 13.8. The van der Waals surface area contributed by atoms with Crippen LogP contribution in [0.2, 0.25) is 0 Å². The fraction of sp³-hybridized carbons (Fsp3) is 0.800. The van der Waals surface area contributed by atoms with Crippen LogP contribution in [-0.4, -0.2) is 51.6 Å². The third-order valence-corrected chi connectivity index (χ3v) is 8.68. The Hall–Kier alpha value is -1.75. The van der Waals surface area contributed by atoms with E-state index in [4.69, 9.17) is 14.2 Å². The van der Waals surface area contributed by atoms with Crippen LogP contribution in [0.25, 0.3) is 0 Å². The van der Waals surface area contributed by atoms with Gasteiger partial charge in [-0.2, -0.15) is 0 Å². The molecule has 1 aromatic carbocycles. The summed E-state index contributed by atoms with van der Waals surface area (Å²) >= 11 is 0. The fourth-order valence-electron chi connectivity index (χ4n) is 6.66. The predicted molar refractivity (Wildman–Crippen MR) is 168 cm³/mol. The molecule has 0 radical (unpaired) electrons. The number of likely N-dealkylation sites (tertiary alicyclic amines) is 1. The fourth-order valence-corrected chi connectivity index (χ4v) is 6.66. The van der Waals surface area contributed by atoms with Crippen molar-refractivity contribution >= 4 is 5.78 Å². The van der Waals surface area contributed by atoms with Crippen LogP contribution in [0.15, 0.2) is 12.1 Å². The molecule has 0 amide bonds. The molecule has 0 bridgehead atoms. The molecule has 3 unspecified atom stereocenters. The van der Waals surface area contributed by atoms with E-state index in [-0.39, 0.29) is 5.92 Å². The van der Waals surface area contributed by atoms with Crippen molar-refractivity contribution in [3.63, 3.8) is 0 Å². The first-order chi connectivity index (χ1) is 19.4. The maximum Gasteiger partial charge on any atom is 0.140 e. The normalized spacial score (nSPS) is 18.4. The van der Waals surface area contributed by atoms with Gasteiger partial charge in [-0.1, -0.05) is 97.8 Å². The largest absolute Gasteiger partial charge is 0.496 e. The Morgan fingerprint density at radius 1 is 0.775 bits per heavy atom. The minimum atomic E-state index is -0.210. The number of hydrogen-bond acceptors (Lipinski definition) is 5. The number of ether oxygens (including phenoxy) is 3. The summed E-state index contributed by atoms with van der Waals surface area (Å²) in [6.45, 7) is 10.3. The van der Waals surface area contributed by atoms with Crippen molar-refractivity contribution in [3.8, 4) is 17.2 Å². The summed E-state index contributed by atoms with van der Waals surface area (Å²) in [6, 6.07) is 3.77. The molecule has 5 nitrogen and oxygen atoms in total. The first-order valence-corrected chi connectivity index (χ1v) is 16.5. The monoisotopic (exact) mass is 559 g/mol. The number of carbonyl (C=O) groups is 1. The van der Waals surface area contributed by atoms with Crippen LogP contribution in [0.5, 0.6) is 17.2 Å². The second-order valence-corrected chi connectivity index (χ2v) is 12.5. The number of benzene rings is 1. The zero-order valence-electron chi connectivity index (χ0n) is 26.9. The molecule has 0 N–H and O–H groups in total. The number of ketones is 1. The third kappa shape index (κ3) is 12.4. The van der Waals surface area contributed by atoms with E-state index < -0.39 is 0 Å². The summed E-state index contributed by atoms with van der Waals surface area (Å²) in [6.07, 6.45) is 19.4. The van der Waals surface area contributed by atoms with Crippen molar-refractivity contribution in [1.82, 2.24) is 4.90 Å². The van der Waals surface area contributed by atoms with E-state index in [1.54, 1.807) is 21.3 Å². The Bertz CT molecular complexity index is 791. The van der Waals surface area contributed by atoms with Gasteiger partial charge >= 0.3 is 0 Å². The minimum absolute atomic E-state index is 0.210. The van der Waals surface area contributed by atoms with Crippen molar-refractivity contribution in [1.29, 1.82) is 0 Å². The third-order valence-electron chi connectivity index (χ3n) is 8.68. The van der Waals surface area contributed by atoms with Crippen LogP contribution in [0, 0.1) is 11.8 Å². The van der Waals surface area contributed by atoms with Gasteiger partial charge in [-0.15, -0.1) is 0 Å². The van der Waals surface area contributed by atoms with Crippen LogP contribution in [0.4, 0.5) is 0 Å². The molecule has 2 rings (SSSR count). The molecule has 0 aromatic heterocycles. The number of unbranched alkanes of at least 4 members (excludes halogenated alkanes) is 11. The molecule has 1 saturated heterocycles. The highest BCUT2D eigenvalue weighted by molar-refractivity contribution is 5.87. The van der Waals surface area contributed by atoms with Crippen molar-refractivity contribution in [2.45, 2.75) is 129 Å². The standard InChI is InChI=1S/C35H61NO4/c1-7-8-9-10-11-12-13-14-15-16-17-18-20-31(35-33(39-5)24-30(38-4)25-34(35)40-6)32(37)21-19-22-36-26-28(2)23-29(3)27-36/h24-25,28-29,31H,7-23,26-27H2,1-6H3. The number of Topliss-reactive ketones (excluding diaryl/α,β-unsaturated/α-hetero) is 1. The number of nitrogens with zero attached hydrogens (tertiary/aromatic N) is 1. The van der Waals surface area contributed by atoms with Gasteiger partial charge in [-0.05, 0) is 37.6 Å². The molecule has 1 aromatic rings. The molecule has 1 aliphatic heterocycles. The molecule has 0 aliphatic carbocycles. The van der Waals surface area contributed by atoms with Crippen molar-refractivity contribution in [2.24, 2.45) is 11.8 Å². The van der Waals surface area contributed by atoms with E-state index >= 15 is 0 Å². The number of methoxy groups -OCH3 is 3. The summed E-state index contributed by atoms with van der Waals surface area (Å²) in [5.41, 5.74) is 0.888. The number of piperidine rings is 1. The van der Waals surface area contributed by atoms with Gasteiger partial charge in [-0.25, -0.2) is 0 Å². The Morgan fingerprint density at radius 2 is 1.27 bits per heavy atom. The first kappa shape index (κ1) is 34.5. The van der Waals surface area contributed by atoms with E-state index in [1.165, 1.54) is 77.0 Å². The summed E-state index contributed by atoms with van der Waals surface area (Å²) in [5.74, 6) is 3.64. The average Bonchev–Trinajstić information content (AvgIpc) is 2.94. The average molecular weight is 560 g/mol. The van der Waals surface area contributed by atoms with E-state index in [2.05, 4.69) is 25.7 Å². The molecule has 1 heterocycles. The first-order valence-electron chi connectivity index (χ1n) is 16.5. The number of hydrogen-bond donors (Lipinski definition) is 0. The highest BCUT2D eigenvalue weighted by Gasteiger charge is 2.28. The number of rotatable bonds is 22. The smallest absolute Gasteiger partial charge is 0.140 e. The molecule has 0 saturated carbocycles. The maximum atomic E-state index is 13.8. The highest BCUT2D eigenvalue weighted by atomic mass is 16.5. The highest BCUT2D eigenvalue weighted by Crippen LogP contribution is 2.42. The Balaban J connectivity index is 1.93. The van der Waals surface area contributed by atoms with Gasteiger partial charge in [0.05, 0.1) is 27.2 Å². The van der Waals surface area contributed by atoms with Gasteiger partial charge in [0, 0.05) is 37.2 Å². The lowest BCUT2D eigenvalue weighted by atomic mass is 9.85. The Labute approximate surface area is 246 Å². The zero-order valence-corrected chi connectivity index (χ0v) is 26.9. The molecule has 3 atom stereocenters. The van der Waals surface area contributed by atoms with E-state index in [0.717, 1.165) is 56.3 Å². The summed E-state index contributed by atoms with van der Waals surface area (Å²) in [7, 11) is 4.98. The van der Waals surface area contributed by atoms with Crippen LogP contribution in [0.3, 0.4) is 0 Å². The second-order valence-electron chi connectivity index (χ2n) is 12.5. The van der Waals surface area contributed by atoms with Crippen LogP contribution in [-0.2, 0) is 4.79 Å². The Kier molecular flexibility index (Phi) is 17.4. The molecular formula is C35H61NO4. The van der Waals surface area contributed by atoms with Gasteiger partial charge in [0.2, 0.25) is 0 Å². The van der Waals surface area contributed by atoms with Crippen LogP contribution >= 0.6 is 0 Å². The van der Waals surface area contributed by atoms with Crippen molar-refractivity contribution in [3.05, 3.63) is 17.7 Å². The molecule has 5 heteroatoms. The predicted octanol–water partition coefficient (Wildman–Crippen LogP) is 9.21. The van der Waals surface area contributed by atoms with Crippen LogP contribution < -0.4 is 14.2 Å². The minimum Gasteiger partial charge on any atom is -0.496 e. The summed E-state index contributed by atoms with van der Waals surface area (Å²) < 4.78 is 17.0. The van der Waals surface area contributed by atoms with Gasteiger partial charge in [0.1, 0.15) is 23.0 Å². The lowest BCUT2D eigenvalue weighted by Gasteiger charge is -2.35. The van der Waals surface area contributed by atoms with Gasteiger partial charge < -0.3 is 19.1 Å². The molecular weight excluding hydrogens is 498 g/mol. The van der Waals surface area contributed by atoms with E-state index in [0.29, 0.717) is 29.5 Å². The molecule has 40 heavy (non-hydrogen) atoms. The lowest BCUT2D eigenvalue weighted by molar-refractivity contribution is -0.121. The Morgan fingerprint density at radius 3 is 1.75 bits per heavy atom. The molecule has 1 aliphatic rings. The van der Waals surface area contributed by atoms with Gasteiger partial charge in [0.15, 0.2) is 0 Å². The van der Waals surface area contributed by atoms with E-state index in [1.807, 2.05) is 12.1 Å². The molecule has 1 fully saturated rings. The summed E-state index contributed by atoms with van der Waals surface area (Å²) in [4.78, 5) is 16.3. The summed E-state index contributed by atoms with van der Waals surface area (Å²) in [5, 5.41) is 0. The van der Waals surface area contributed by atoms with Gasteiger partial charge in [-0.3, -0.25) is 4.79 Å². The lowest BCUT2D eigenvalue weighted by Crippen LogP contribution is -2.39. The SMILES string of the molecule is CCCCCCCCCCCCCCC(C(=O)CCCN1CC(C)CC(C)C1)c1c(OC)cc(OC)cc1OC. The van der Waals surface area contributed by atoms with Crippen molar-refractivity contribution < 1.29 is 19.0 Å². The van der Waals surface area contributed by atoms with Crippen molar-refractivity contribution in [2.75, 3.05) is 41.0 Å². The van der Waals surface area contributed by atoms with Crippen LogP contribution in [0.1, 0.15) is 135 Å². The van der Waals surface area contributed by atoms with Gasteiger partial charge in [0.25, 0.3) is 0 Å². The van der Waals surface area contributed by atoms with E-state index in [9.17, 15) is 4.79 Å².